The summed E-state index contributed by atoms with van der Waals surface area (Å²) < 4.78 is 0. The minimum atomic E-state index is -0.289. The molecule has 0 radical (unpaired) electrons. The lowest BCUT2D eigenvalue weighted by atomic mass is 10.1. The SMILES string of the molecule is CNC(=O)c1cccc(CNC(=O)c2ncnc3[nH]ccc23)c1. The molecule has 3 aromatic rings. The van der Waals surface area contributed by atoms with Crippen LogP contribution in [0.4, 0.5) is 0 Å². The summed E-state index contributed by atoms with van der Waals surface area (Å²) >= 11 is 0. The molecule has 23 heavy (non-hydrogen) atoms. The first-order valence-electron chi connectivity index (χ1n) is 7.06. The van der Waals surface area contributed by atoms with Crippen molar-refractivity contribution in [1.29, 1.82) is 0 Å². The zero-order valence-corrected chi connectivity index (χ0v) is 12.5. The van der Waals surface area contributed by atoms with Crippen LogP contribution in [-0.2, 0) is 6.54 Å². The van der Waals surface area contributed by atoms with Crippen molar-refractivity contribution in [3.05, 3.63) is 59.7 Å². The van der Waals surface area contributed by atoms with Crippen LogP contribution in [0.15, 0.2) is 42.9 Å². The number of hydrogen-bond acceptors (Lipinski definition) is 4. The third kappa shape index (κ3) is 3.03. The Morgan fingerprint density at radius 3 is 2.87 bits per heavy atom. The van der Waals surface area contributed by atoms with Crippen LogP contribution < -0.4 is 10.6 Å². The van der Waals surface area contributed by atoms with E-state index in [1.807, 2.05) is 6.07 Å². The smallest absolute Gasteiger partial charge is 0.270 e. The summed E-state index contributed by atoms with van der Waals surface area (Å²) in [4.78, 5) is 35.0. The van der Waals surface area contributed by atoms with Crippen molar-refractivity contribution in [1.82, 2.24) is 25.6 Å². The zero-order chi connectivity index (χ0) is 16.2. The first kappa shape index (κ1) is 14.7. The molecule has 0 aliphatic carbocycles. The summed E-state index contributed by atoms with van der Waals surface area (Å²) in [5.74, 6) is -0.453. The Morgan fingerprint density at radius 2 is 2.04 bits per heavy atom. The highest BCUT2D eigenvalue weighted by atomic mass is 16.2. The molecule has 0 spiro atoms. The standard InChI is InChI=1S/C16H15N5O2/c1-17-15(22)11-4-2-3-10(7-11)8-19-16(23)13-12-5-6-18-14(12)21-9-20-13/h2-7,9H,8H2,1H3,(H,17,22)(H,19,23)(H,18,20,21). The van der Waals surface area contributed by atoms with Crippen LogP contribution in [0.3, 0.4) is 0 Å². The Labute approximate surface area is 132 Å². The van der Waals surface area contributed by atoms with Crippen molar-refractivity contribution in [2.75, 3.05) is 7.05 Å². The highest BCUT2D eigenvalue weighted by molar-refractivity contribution is 6.03. The van der Waals surface area contributed by atoms with Crippen LogP contribution >= 0.6 is 0 Å². The topological polar surface area (TPSA) is 99.8 Å². The van der Waals surface area contributed by atoms with Gasteiger partial charge in [0.25, 0.3) is 11.8 Å². The third-order valence-corrected chi connectivity index (χ3v) is 3.44. The average molecular weight is 309 g/mol. The molecule has 0 atom stereocenters. The molecule has 0 fully saturated rings. The summed E-state index contributed by atoms with van der Waals surface area (Å²) in [6.45, 7) is 0.305. The number of amides is 2. The van der Waals surface area contributed by atoms with E-state index in [2.05, 4.69) is 25.6 Å². The fraction of sp³-hybridized carbons (Fsp3) is 0.125. The molecule has 0 aliphatic rings. The van der Waals surface area contributed by atoms with Gasteiger partial charge in [0.1, 0.15) is 17.7 Å². The molecular weight excluding hydrogens is 294 g/mol. The number of fused-ring (bicyclic) bond motifs is 1. The van der Waals surface area contributed by atoms with Crippen molar-refractivity contribution >= 4 is 22.8 Å². The first-order chi connectivity index (χ1) is 11.2. The Kier molecular flexibility index (Phi) is 4.01. The average Bonchev–Trinajstić information content (AvgIpc) is 3.07. The number of carbonyl (C=O) groups is 2. The fourth-order valence-corrected chi connectivity index (χ4v) is 2.29. The molecular formula is C16H15N5O2. The normalized spacial score (nSPS) is 10.5. The lowest BCUT2D eigenvalue weighted by Gasteiger charge is -2.07. The Morgan fingerprint density at radius 1 is 1.17 bits per heavy atom. The Bertz CT molecular complexity index is 872. The number of carbonyl (C=O) groups excluding carboxylic acids is 2. The van der Waals surface area contributed by atoms with E-state index < -0.39 is 0 Å². The number of aromatic nitrogens is 3. The van der Waals surface area contributed by atoms with Crippen molar-refractivity contribution < 1.29 is 9.59 Å². The number of benzene rings is 1. The van der Waals surface area contributed by atoms with E-state index in [0.29, 0.717) is 28.8 Å². The van der Waals surface area contributed by atoms with Gasteiger partial charge in [0.05, 0.1) is 5.39 Å². The van der Waals surface area contributed by atoms with Crippen molar-refractivity contribution in [2.45, 2.75) is 6.54 Å². The molecule has 0 bridgehead atoms. The monoisotopic (exact) mass is 309 g/mol. The van der Waals surface area contributed by atoms with E-state index in [4.69, 9.17) is 0 Å². The van der Waals surface area contributed by atoms with E-state index in [9.17, 15) is 9.59 Å². The van der Waals surface area contributed by atoms with E-state index >= 15 is 0 Å². The van der Waals surface area contributed by atoms with Gasteiger partial charge in [-0.1, -0.05) is 12.1 Å². The molecule has 0 unspecified atom stereocenters. The Balaban J connectivity index is 1.74. The van der Waals surface area contributed by atoms with Gasteiger partial charge >= 0.3 is 0 Å². The van der Waals surface area contributed by atoms with Gasteiger partial charge in [0.15, 0.2) is 0 Å². The molecule has 0 saturated carbocycles. The minimum absolute atomic E-state index is 0.164. The van der Waals surface area contributed by atoms with Crippen LogP contribution in [0.5, 0.6) is 0 Å². The first-order valence-corrected chi connectivity index (χ1v) is 7.06. The van der Waals surface area contributed by atoms with Gasteiger partial charge < -0.3 is 15.6 Å². The lowest BCUT2D eigenvalue weighted by molar-refractivity contribution is 0.0945. The predicted molar refractivity (Wildman–Crippen MR) is 84.9 cm³/mol. The summed E-state index contributed by atoms with van der Waals surface area (Å²) in [5.41, 5.74) is 2.32. The van der Waals surface area contributed by atoms with Crippen LogP contribution in [0.1, 0.15) is 26.4 Å². The number of nitrogens with zero attached hydrogens (tertiary/aromatic N) is 2. The molecule has 0 aliphatic heterocycles. The number of H-pyrrole nitrogens is 1. The molecule has 7 heteroatoms. The maximum Gasteiger partial charge on any atom is 0.270 e. The van der Waals surface area contributed by atoms with Crippen LogP contribution in [-0.4, -0.2) is 33.8 Å². The number of nitrogens with one attached hydrogen (secondary N) is 3. The Hall–Kier alpha value is -3.22. The number of aromatic amines is 1. The second kappa shape index (κ2) is 6.27. The molecule has 7 nitrogen and oxygen atoms in total. The number of hydrogen-bond donors (Lipinski definition) is 3. The summed E-state index contributed by atoms with van der Waals surface area (Å²) in [6.07, 6.45) is 3.06. The zero-order valence-electron chi connectivity index (χ0n) is 12.5. The van der Waals surface area contributed by atoms with Gasteiger partial charge in [-0.05, 0) is 23.8 Å². The van der Waals surface area contributed by atoms with E-state index in [1.165, 1.54) is 6.33 Å². The second-order valence-corrected chi connectivity index (χ2v) is 4.92. The molecule has 3 N–H and O–H groups in total. The van der Waals surface area contributed by atoms with Crippen LogP contribution in [0.25, 0.3) is 11.0 Å². The molecule has 1 aromatic carbocycles. The minimum Gasteiger partial charge on any atom is -0.355 e. The maximum atomic E-state index is 12.3. The van der Waals surface area contributed by atoms with Gasteiger partial charge in [0.2, 0.25) is 0 Å². The maximum absolute atomic E-state index is 12.3. The molecule has 3 rings (SSSR count). The van der Waals surface area contributed by atoms with Gasteiger partial charge in [-0.2, -0.15) is 0 Å². The second-order valence-electron chi connectivity index (χ2n) is 4.92. The van der Waals surface area contributed by atoms with E-state index in [-0.39, 0.29) is 11.8 Å². The summed E-state index contributed by atoms with van der Waals surface area (Å²) in [6, 6.07) is 8.85. The fourth-order valence-electron chi connectivity index (χ4n) is 2.29. The van der Waals surface area contributed by atoms with Gasteiger partial charge in [0, 0.05) is 25.4 Å². The van der Waals surface area contributed by atoms with Gasteiger partial charge in [-0.3, -0.25) is 9.59 Å². The molecule has 2 amide bonds. The lowest BCUT2D eigenvalue weighted by Crippen LogP contribution is -2.24. The third-order valence-electron chi connectivity index (χ3n) is 3.44. The van der Waals surface area contributed by atoms with E-state index in [1.54, 1.807) is 37.5 Å². The predicted octanol–water partition coefficient (Wildman–Crippen LogP) is 1.25. The van der Waals surface area contributed by atoms with Crippen molar-refractivity contribution in [3.8, 4) is 0 Å². The quantitative estimate of drug-likeness (QED) is 0.675. The van der Waals surface area contributed by atoms with Gasteiger partial charge in [-0.25, -0.2) is 9.97 Å². The molecule has 116 valence electrons. The van der Waals surface area contributed by atoms with Crippen LogP contribution in [0, 0.1) is 0 Å². The molecule has 2 heterocycles. The van der Waals surface area contributed by atoms with Crippen LogP contribution in [0.2, 0.25) is 0 Å². The highest BCUT2D eigenvalue weighted by Crippen LogP contribution is 2.13. The highest BCUT2D eigenvalue weighted by Gasteiger charge is 2.13. The molecule has 2 aromatic heterocycles. The van der Waals surface area contributed by atoms with Crippen molar-refractivity contribution in [3.63, 3.8) is 0 Å². The summed E-state index contributed by atoms with van der Waals surface area (Å²) in [7, 11) is 1.58. The molecule has 0 saturated heterocycles. The van der Waals surface area contributed by atoms with E-state index in [0.717, 1.165) is 5.56 Å². The largest absolute Gasteiger partial charge is 0.355 e. The van der Waals surface area contributed by atoms with Crippen molar-refractivity contribution in [2.24, 2.45) is 0 Å². The summed E-state index contributed by atoms with van der Waals surface area (Å²) in [5, 5.41) is 6.05. The number of rotatable bonds is 4. The van der Waals surface area contributed by atoms with Gasteiger partial charge in [-0.15, -0.1) is 0 Å².